The van der Waals surface area contributed by atoms with Gasteiger partial charge in [-0.2, -0.15) is 4.98 Å². The molecule has 0 aliphatic rings. The van der Waals surface area contributed by atoms with Gasteiger partial charge in [0.25, 0.3) is 0 Å². The molecule has 0 fully saturated rings. The summed E-state index contributed by atoms with van der Waals surface area (Å²) in [4.78, 5) is 11.0. The number of aryl methyl sites for hydroxylation is 1. The number of hydrogen-bond acceptors (Lipinski definition) is 5. The summed E-state index contributed by atoms with van der Waals surface area (Å²) in [6.45, 7) is 11.7. The lowest BCUT2D eigenvalue weighted by atomic mass is 10.2. The lowest BCUT2D eigenvalue weighted by Gasteiger charge is -2.24. The highest BCUT2D eigenvalue weighted by Gasteiger charge is 2.10. The Morgan fingerprint density at radius 2 is 2.00 bits per heavy atom. The SMILES string of the molecule is CCN(CC)CC(C)Nc1nc(NC)ncc1C. The van der Waals surface area contributed by atoms with E-state index in [4.69, 9.17) is 0 Å². The van der Waals surface area contributed by atoms with Crippen LogP contribution >= 0.6 is 0 Å². The predicted molar refractivity (Wildman–Crippen MR) is 77.2 cm³/mol. The van der Waals surface area contributed by atoms with Crippen molar-refractivity contribution in [1.29, 1.82) is 0 Å². The Kier molecular flexibility index (Phi) is 5.85. The van der Waals surface area contributed by atoms with Crippen LogP contribution in [0.3, 0.4) is 0 Å². The molecule has 0 aromatic carbocycles. The van der Waals surface area contributed by atoms with Gasteiger partial charge < -0.3 is 15.5 Å². The summed E-state index contributed by atoms with van der Waals surface area (Å²) in [6, 6.07) is 0.364. The van der Waals surface area contributed by atoms with Crippen LogP contribution in [0.2, 0.25) is 0 Å². The second-order valence-electron chi connectivity index (χ2n) is 4.51. The van der Waals surface area contributed by atoms with Crippen molar-refractivity contribution in [2.45, 2.75) is 33.7 Å². The van der Waals surface area contributed by atoms with Crippen molar-refractivity contribution >= 4 is 11.8 Å². The summed E-state index contributed by atoms with van der Waals surface area (Å²) in [5.74, 6) is 1.56. The van der Waals surface area contributed by atoms with Gasteiger partial charge in [0.1, 0.15) is 5.82 Å². The molecule has 102 valence electrons. The van der Waals surface area contributed by atoms with E-state index in [1.165, 1.54) is 0 Å². The number of aromatic nitrogens is 2. The Labute approximate surface area is 110 Å². The van der Waals surface area contributed by atoms with Gasteiger partial charge in [-0.25, -0.2) is 4.98 Å². The fraction of sp³-hybridized carbons (Fsp3) is 0.692. The van der Waals surface area contributed by atoms with Crippen molar-refractivity contribution in [2.75, 3.05) is 37.3 Å². The average molecular weight is 251 g/mol. The Balaban J connectivity index is 2.65. The molecule has 0 aliphatic heterocycles. The summed E-state index contributed by atoms with van der Waals surface area (Å²) >= 11 is 0. The highest BCUT2D eigenvalue weighted by atomic mass is 15.2. The van der Waals surface area contributed by atoms with Gasteiger partial charge >= 0.3 is 0 Å². The standard InChI is InChI=1S/C13H25N5/c1-6-18(7-2)9-11(4)16-12-10(3)8-15-13(14-5)17-12/h8,11H,6-7,9H2,1-5H3,(H2,14,15,16,17). The second-order valence-corrected chi connectivity index (χ2v) is 4.51. The Bertz CT molecular complexity index is 362. The number of anilines is 2. The zero-order valence-electron chi connectivity index (χ0n) is 12.1. The lowest BCUT2D eigenvalue weighted by molar-refractivity contribution is 0.294. The maximum atomic E-state index is 4.44. The smallest absolute Gasteiger partial charge is 0.224 e. The van der Waals surface area contributed by atoms with Gasteiger partial charge in [0.05, 0.1) is 0 Å². The summed E-state index contributed by atoms with van der Waals surface area (Å²) in [7, 11) is 1.83. The number of hydrogen-bond donors (Lipinski definition) is 2. The third-order valence-corrected chi connectivity index (χ3v) is 3.00. The van der Waals surface area contributed by atoms with Crippen LogP contribution in [0.15, 0.2) is 6.20 Å². The maximum Gasteiger partial charge on any atom is 0.224 e. The first-order valence-corrected chi connectivity index (χ1v) is 6.60. The van der Waals surface area contributed by atoms with Crippen LogP contribution in [0.1, 0.15) is 26.3 Å². The molecule has 1 heterocycles. The van der Waals surface area contributed by atoms with Gasteiger partial charge in [-0.15, -0.1) is 0 Å². The molecule has 1 aromatic rings. The summed E-state index contributed by atoms with van der Waals surface area (Å²) in [5.41, 5.74) is 1.07. The molecule has 5 heteroatoms. The highest BCUT2D eigenvalue weighted by Crippen LogP contribution is 2.13. The van der Waals surface area contributed by atoms with Crippen LogP contribution in [0, 0.1) is 6.92 Å². The van der Waals surface area contributed by atoms with Gasteiger partial charge in [-0.05, 0) is 26.9 Å². The molecule has 1 unspecified atom stereocenters. The topological polar surface area (TPSA) is 53.1 Å². The molecule has 0 saturated carbocycles. The third kappa shape index (κ3) is 4.14. The molecule has 0 radical (unpaired) electrons. The van der Waals surface area contributed by atoms with Gasteiger partial charge in [0, 0.05) is 31.4 Å². The van der Waals surface area contributed by atoms with Crippen molar-refractivity contribution in [3.63, 3.8) is 0 Å². The van der Waals surface area contributed by atoms with E-state index in [1.807, 2.05) is 20.2 Å². The molecular weight excluding hydrogens is 226 g/mol. The fourth-order valence-corrected chi connectivity index (χ4v) is 1.86. The Morgan fingerprint density at radius 3 is 2.56 bits per heavy atom. The minimum absolute atomic E-state index is 0.364. The zero-order valence-corrected chi connectivity index (χ0v) is 12.1. The average Bonchev–Trinajstić information content (AvgIpc) is 2.38. The fourth-order valence-electron chi connectivity index (χ4n) is 1.86. The molecule has 5 nitrogen and oxygen atoms in total. The van der Waals surface area contributed by atoms with Crippen molar-refractivity contribution < 1.29 is 0 Å². The van der Waals surface area contributed by atoms with Crippen molar-refractivity contribution in [2.24, 2.45) is 0 Å². The van der Waals surface area contributed by atoms with Crippen LogP contribution in [0.5, 0.6) is 0 Å². The molecule has 2 N–H and O–H groups in total. The van der Waals surface area contributed by atoms with Gasteiger partial charge in [0.2, 0.25) is 5.95 Å². The molecule has 18 heavy (non-hydrogen) atoms. The van der Waals surface area contributed by atoms with Crippen molar-refractivity contribution in [1.82, 2.24) is 14.9 Å². The molecular formula is C13H25N5. The van der Waals surface area contributed by atoms with E-state index < -0.39 is 0 Å². The first kappa shape index (κ1) is 14.7. The molecule has 1 atom stereocenters. The van der Waals surface area contributed by atoms with E-state index >= 15 is 0 Å². The summed E-state index contributed by atoms with van der Waals surface area (Å²) < 4.78 is 0. The van der Waals surface area contributed by atoms with Crippen LogP contribution in [-0.2, 0) is 0 Å². The minimum Gasteiger partial charge on any atom is -0.366 e. The molecule has 0 saturated heterocycles. The monoisotopic (exact) mass is 251 g/mol. The van der Waals surface area contributed by atoms with Gasteiger partial charge in [0.15, 0.2) is 0 Å². The van der Waals surface area contributed by atoms with Crippen molar-refractivity contribution in [3.8, 4) is 0 Å². The Morgan fingerprint density at radius 1 is 1.33 bits per heavy atom. The minimum atomic E-state index is 0.364. The lowest BCUT2D eigenvalue weighted by Crippen LogP contribution is -2.35. The molecule has 0 amide bonds. The maximum absolute atomic E-state index is 4.44. The van der Waals surface area contributed by atoms with E-state index in [-0.39, 0.29) is 0 Å². The van der Waals surface area contributed by atoms with Crippen LogP contribution in [-0.4, -0.2) is 47.6 Å². The third-order valence-electron chi connectivity index (χ3n) is 3.00. The van der Waals surface area contributed by atoms with Crippen LogP contribution in [0.25, 0.3) is 0 Å². The van der Waals surface area contributed by atoms with E-state index in [0.29, 0.717) is 12.0 Å². The van der Waals surface area contributed by atoms with Crippen molar-refractivity contribution in [3.05, 3.63) is 11.8 Å². The largest absolute Gasteiger partial charge is 0.366 e. The molecule has 1 aromatic heterocycles. The van der Waals surface area contributed by atoms with E-state index in [9.17, 15) is 0 Å². The molecule has 0 bridgehead atoms. The molecule has 0 spiro atoms. The predicted octanol–water partition coefficient (Wildman–Crippen LogP) is 1.97. The van der Waals surface area contributed by atoms with Crippen LogP contribution in [0.4, 0.5) is 11.8 Å². The Hall–Kier alpha value is -1.36. The summed E-state index contributed by atoms with van der Waals surface area (Å²) in [6.07, 6.45) is 1.84. The normalized spacial score (nSPS) is 12.6. The van der Waals surface area contributed by atoms with Gasteiger partial charge in [-0.1, -0.05) is 13.8 Å². The first-order chi connectivity index (χ1) is 8.60. The molecule has 0 aliphatic carbocycles. The van der Waals surface area contributed by atoms with E-state index in [2.05, 4.69) is 46.3 Å². The second kappa shape index (κ2) is 7.16. The van der Waals surface area contributed by atoms with Crippen LogP contribution < -0.4 is 10.6 Å². The number of nitrogens with zero attached hydrogens (tertiary/aromatic N) is 3. The number of likely N-dealkylation sites (N-methyl/N-ethyl adjacent to an activating group) is 1. The highest BCUT2D eigenvalue weighted by molar-refractivity contribution is 5.46. The van der Waals surface area contributed by atoms with E-state index in [1.54, 1.807) is 0 Å². The number of nitrogens with one attached hydrogen (secondary N) is 2. The first-order valence-electron chi connectivity index (χ1n) is 6.60. The van der Waals surface area contributed by atoms with E-state index in [0.717, 1.165) is 31.0 Å². The molecule has 1 rings (SSSR count). The van der Waals surface area contributed by atoms with Gasteiger partial charge in [-0.3, -0.25) is 0 Å². The quantitative estimate of drug-likeness (QED) is 0.776. The summed E-state index contributed by atoms with van der Waals surface area (Å²) in [5, 5.41) is 6.41. The number of rotatable bonds is 7. The zero-order chi connectivity index (χ0) is 13.5.